The second kappa shape index (κ2) is 3.29. The van der Waals surface area contributed by atoms with Gasteiger partial charge in [0.15, 0.2) is 0 Å². The highest BCUT2D eigenvalue weighted by atomic mass is 19.3. The molecule has 0 rings (SSSR count). The van der Waals surface area contributed by atoms with Gasteiger partial charge in [0.1, 0.15) is 0 Å². The molecule has 0 aliphatic heterocycles. The third kappa shape index (κ3) is 2.65. The second-order valence-corrected chi connectivity index (χ2v) is 1.99. The van der Waals surface area contributed by atoms with Crippen molar-refractivity contribution in [2.24, 2.45) is 0 Å². The summed E-state index contributed by atoms with van der Waals surface area (Å²) in [5.41, 5.74) is -0.295. The van der Waals surface area contributed by atoms with Crippen molar-refractivity contribution in [1.82, 2.24) is 0 Å². The van der Waals surface area contributed by atoms with E-state index in [1.54, 1.807) is 0 Å². The summed E-state index contributed by atoms with van der Waals surface area (Å²) in [6, 6.07) is 0. The summed E-state index contributed by atoms with van der Waals surface area (Å²) in [4.78, 5) is 20.1. The molecular weight excluding hydrogens is 174 g/mol. The third-order valence-electron chi connectivity index (χ3n) is 0.818. The zero-order valence-electron chi connectivity index (χ0n) is 6.13. The van der Waals surface area contributed by atoms with Gasteiger partial charge in [0.2, 0.25) is 0 Å². The number of rotatable bonds is 3. The molecule has 12 heavy (non-hydrogen) atoms. The minimum Gasteiger partial charge on any atom is -0.474 e. The number of carbonyl (C=O) groups is 2. The number of carboxylic acid groups (broad SMARTS) is 1. The number of carbonyl (C=O) groups excluding carboxylic acids is 1. The maximum Gasteiger partial charge on any atom is 0.504 e. The molecule has 0 amide bonds. The van der Waals surface area contributed by atoms with Gasteiger partial charge in [-0.1, -0.05) is 6.58 Å². The van der Waals surface area contributed by atoms with Crippen LogP contribution in [0.15, 0.2) is 12.2 Å². The minimum absolute atomic E-state index is 0.295. The molecule has 0 aromatic heterocycles. The van der Waals surface area contributed by atoms with Crippen LogP contribution in [0.3, 0.4) is 0 Å². The van der Waals surface area contributed by atoms with Gasteiger partial charge >= 0.3 is 18.0 Å². The molecule has 4 nitrogen and oxygen atoms in total. The summed E-state index contributed by atoms with van der Waals surface area (Å²) in [6.45, 7) is 4.12. The fraction of sp³-hybridized carbons (Fsp3) is 0.333. The van der Waals surface area contributed by atoms with Crippen LogP contribution in [-0.2, 0) is 14.3 Å². The average Bonchev–Trinajstić information content (AvgIpc) is 1.85. The van der Waals surface area contributed by atoms with Crippen LogP contribution in [0.25, 0.3) is 0 Å². The lowest BCUT2D eigenvalue weighted by Crippen LogP contribution is -2.34. The van der Waals surface area contributed by atoms with Crippen LogP contribution in [0.4, 0.5) is 8.78 Å². The van der Waals surface area contributed by atoms with Gasteiger partial charge in [-0.05, 0) is 6.92 Å². The molecular formula is C6H6F2O4. The predicted octanol–water partition coefficient (Wildman–Crippen LogP) is 0.783. The van der Waals surface area contributed by atoms with E-state index >= 15 is 0 Å². The number of ether oxygens (including phenoxy) is 1. The van der Waals surface area contributed by atoms with E-state index in [0.717, 1.165) is 6.92 Å². The van der Waals surface area contributed by atoms with Crippen molar-refractivity contribution in [3.05, 3.63) is 12.2 Å². The Kier molecular flexibility index (Phi) is 2.89. The Morgan fingerprint density at radius 2 is 1.92 bits per heavy atom. The maximum absolute atomic E-state index is 12.1. The molecule has 0 spiro atoms. The highest BCUT2D eigenvalue weighted by Gasteiger charge is 2.44. The maximum atomic E-state index is 12.1. The number of carboxylic acids is 1. The first-order valence-corrected chi connectivity index (χ1v) is 2.77. The zero-order valence-corrected chi connectivity index (χ0v) is 6.13. The number of alkyl halides is 2. The fourth-order valence-corrected chi connectivity index (χ4v) is 0.247. The van der Waals surface area contributed by atoms with Crippen LogP contribution in [0.1, 0.15) is 6.92 Å². The number of hydrogen-bond donors (Lipinski definition) is 1. The summed E-state index contributed by atoms with van der Waals surface area (Å²) >= 11 is 0. The monoisotopic (exact) mass is 180 g/mol. The average molecular weight is 180 g/mol. The largest absolute Gasteiger partial charge is 0.504 e. The fourth-order valence-electron chi connectivity index (χ4n) is 0.247. The number of aliphatic carboxylic acids is 1. The van der Waals surface area contributed by atoms with E-state index in [2.05, 4.69) is 11.3 Å². The molecule has 0 atom stereocenters. The predicted molar refractivity (Wildman–Crippen MR) is 33.5 cm³/mol. The van der Waals surface area contributed by atoms with Crippen molar-refractivity contribution in [1.29, 1.82) is 0 Å². The molecule has 0 saturated heterocycles. The first kappa shape index (κ1) is 10.5. The SMILES string of the molecule is C=C(C)C(=O)OC(F)(F)C(=O)O. The van der Waals surface area contributed by atoms with Crippen LogP contribution in [0.2, 0.25) is 0 Å². The highest BCUT2D eigenvalue weighted by Crippen LogP contribution is 2.16. The summed E-state index contributed by atoms with van der Waals surface area (Å²) < 4.78 is 27.4. The Bertz CT molecular complexity index is 234. The van der Waals surface area contributed by atoms with Crippen LogP contribution in [-0.4, -0.2) is 23.2 Å². The Labute approximate surface area is 66.4 Å². The van der Waals surface area contributed by atoms with Crippen LogP contribution < -0.4 is 0 Å². The lowest BCUT2D eigenvalue weighted by Gasteiger charge is -2.10. The van der Waals surface area contributed by atoms with Gasteiger partial charge in [0.05, 0.1) is 0 Å². The van der Waals surface area contributed by atoms with Crippen molar-refractivity contribution in [2.45, 2.75) is 13.0 Å². The van der Waals surface area contributed by atoms with Gasteiger partial charge in [0.25, 0.3) is 0 Å². The van der Waals surface area contributed by atoms with Crippen LogP contribution in [0, 0.1) is 0 Å². The van der Waals surface area contributed by atoms with Crippen molar-refractivity contribution >= 4 is 11.9 Å². The normalized spacial score (nSPS) is 10.6. The van der Waals surface area contributed by atoms with Gasteiger partial charge in [-0.2, -0.15) is 8.78 Å². The second-order valence-electron chi connectivity index (χ2n) is 1.99. The molecule has 0 radical (unpaired) electrons. The number of esters is 1. The Hall–Kier alpha value is -1.46. The van der Waals surface area contributed by atoms with E-state index in [0.29, 0.717) is 0 Å². The molecule has 0 bridgehead atoms. The van der Waals surface area contributed by atoms with Crippen molar-refractivity contribution in [3.8, 4) is 0 Å². The first-order chi connectivity index (χ1) is 5.27. The van der Waals surface area contributed by atoms with E-state index < -0.39 is 18.0 Å². The molecule has 1 N–H and O–H groups in total. The molecule has 0 heterocycles. The van der Waals surface area contributed by atoms with E-state index in [1.807, 2.05) is 0 Å². The highest BCUT2D eigenvalue weighted by molar-refractivity contribution is 5.89. The van der Waals surface area contributed by atoms with Crippen molar-refractivity contribution in [3.63, 3.8) is 0 Å². The standard InChI is InChI=1S/C6H6F2O4/c1-3(2)4(9)12-6(7,8)5(10)11/h1H2,2H3,(H,10,11). The number of halogens is 2. The minimum atomic E-state index is -4.49. The molecule has 0 aliphatic carbocycles. The van der Waals surface area contributed by atoms with Gasteiger partial charge in [0, 0.05) is 5.57 Å². The van der Waals surface area contributed by atoms with Gasteiger partial charge < -0.3 is 9.84 Å². The molecule has 0 unspecified atom stereocenters. The van der Waals surface area contributed by atoms with Crippen molar-refractivity contribution < 1.29 is 28.2 Å². The molecule has 6 heteroatoms. The molecule has 0 aromatic rings. The Balaban J connectivity index is 4.35. The molecule has 0 fully saturated rings. The van der Waals surface area contributed by atoms with E-state index in [1.165, 1.54) is 0 Å². The van der Waals surface area contributed by atoms with Gasteiger partial charge in [-0.25, -0.2) is 9.59 Å². The quantitative estimate of drug-likeness (QED) is 0.515. The first-order valence-electron chi connectivity index (χ1n) is 2.77. The third-order valence-corrected chi connectivity index (χ3v) is 0.818. The molecule has 0 aromatic carbocycles. The summed E-state index contributed by atoms with van der Waals surface area (Å²) in [7, 11) is 0. The smallest absolute Gasteiger partial charge is 0.474 e. The van der Waals surface area contributed by atoms with E-state index in [9.17, 15) is 18.4 Å². The van der Waals surface area contributed by atoms with Crippen LogP contribution >= 0.6 is 0 Å². The summed E-state index contributed by atoms with van der Waals surface area (Å²) in [5, 5.41) is 7.82. The zero-order chi connectivity index (χ0) is 9.94. The Morgan fingerprint density at radius 3 is 2.17 bits per heavy atom. The molecule has 0 saturated carbocycles. The summed E-state index contributed by atoms with van der Waals surface area (Å²) in [5.74, 6) is -3.96. The number of hydrogen-bond acceptors (Lipinski definition) is 3. The Morgan fingerprint density at radius 1 is 1.50 bits per heavy atom. The van der Waals surface area contributed by atoms with Crippen molar-refractivity contribution in [2.75, 3.05) is 0 Å². The molecule has 68 valence electrons. The van der Waals surface area contributed by atoms with Crippen LogP contribution in [0.5, 0.6) is 0 Å². The lowest BCUT2D eigenvalue weighted by atomic mass is 10.4. The van der Waals surface area contributed by atoms with Gasteiger partial charge in [-0.3, -0.25) is 0 Å². The molecule has 0 aliphatic rings. The van der Waals surface area contributed by atoms with Gasteiger partial charge in [-0.15, -0.1) is 0 Å². The van der Waals surface area contributed by atoms with E-state index in [-0.39, 0.29) is 5.57 Å². The topological polar surface area (TPSA) is 63.6 Å². The lowest BCUT2D eigenvalue weighted by molar-refractivity contribution is -0.238. The van der Waals surface area contributed by atoms with E-state index in [4.69, 9.17) is 5.11 Å². The summed E-state index contributed by atoms with van der Waals surface area (Å²) in [6.07, 6.45) is -4.49.